The van der Waals surface area contributed by atoms with E-state index in [2.05, 4.69) is 23.0 Å². The lowest BCUT2D eigenvalue weighted by Crippen LogP contribution is -2.44. The summed E-state index contributed by atoms with van der Waals surface area (Å²) >= 11 is 0. The molecule has 2 unspecified atom stereocenters. The van der Waals surface area contributed by atoms with Gasteiger partial charge in [0.15, 0.2) is 0 Å². The van der Waals surface area contributed by atoms with Gasteiger partial charge in [-0.2, -0.15) is 0 Å². The van der Waals surface area contributed by atoms with Crippen molar-refractivity contribution in [2.24, 2.45) is 5.73 Å². The molecule has 1 aliphatic heterocycles. The number of hydrogen-bond donors (Lipinski definition) is 2. The largest absolute Gasteiger partial charge is 0.412 e. The molecule has 0 spiro atoms. The molecular formula is C18H30Cl2N4O3. The fraction of sp³-hybridized carbons (Fsp3) is 0.444. The summed E-state index contributed by atoms with van der Waals surface area (Å²) in [5.74, 6) is 0.817. The van der Waals surface area contributed by atoms with Gasteiger partial charge in [-0.15, -0.1) is 24.8 Å². The number of hydrogen-bond acceptors (Lipinski definition) is 3. The molecule has 0 saturated carbocycles. The number of nitrogens with two attached hydrogens (primary N) is 1. The van der Waals surface area contributed by atoms with Crippen LogP contribution in [-0.2, 0) is 17.6 Å². The first kappa shape index (κ1) is 27.6. The number of aromatic amines is 1. The van der Waals surface area contributed by atoms with Gasteiger partial charge in [0.1, 0.15) is 5.82 Å². The highest BCUT2D eigenvalue weighted by atomic mass is 35.5. The molecule has 27 heavy (non-hydrogen) atoms. The molecule has 2 heterocycles. The molecule has 0 fully saturated rings. The van der Waals surface area contributed by atoms with Crippen molar-refractivity contribution in [2.45, 2.75) is 51.6 Å². The fourth-order valence-electron chi connectivity index (χ4n) is 3.17. The number of aryl methyl sites for hydroxylation is 1. The van der Waals surface area contributed by atoms with Gasteiger partial charge in [-0.25, -0.2) is 4.98 Å². The third-order valence-electron chi connectivity index (χ3n) is 4.45. The van der Waals surface area contributed by atoms with E-state index in [1.807, 2.05) is 36.2 Å². The number of para-hydroxylation sites is 1. The van der Waals surface area contributed by atoms with Gasteiger partial charge < -0.3 is 21.7 Å². The number of H-pyrrole nitrogens is 1. The first-order chi connectivity index (χ1) is 11.2. The predicted molar refractivity (Wildman–Crippen MR) is 113 cm³/mol. The van der Waals surface area contributed by atoms with Crippen LogP contribution in [0.3, 0.4) is 0 Å². The zero-order valence-corrected chi connectivity index (χ0v) is 17.2. The number of aromatic nitrogens is 2. The van der Waals surface area contributed by atoms with Crippen LogP contribution >= 0.6 is 24.8 Å². The van der Waals surface area contributed by atoms with Crippen LogP contribution in [-0.4, -0.2) is 32.9 Å². The molecule has 1 amide bonds. The van der Waals surface area contributed by atoms with E-state index in [1.54, 1.807) is 0 Å². The fourth-order valence-corrected chi connectivity index (χ4v) is 3.17. The number of anilines is 1. The van der Waals surface area contributed by atoms with Crippen LogP contribution in [0.5, 0.6) is 0 Å². The monoisotopic (exact) mass is 420 g/mol. The van der Waals surface area contributed by atoms with Gasteiger partial charge in [0.2, 0.25) is 5.91 Å². The summed E-state index contributed by atoms with van der Waals surface area (Å²) in [6.07, 6.45) is 5.32. The number of carbonyl (C=O) groups is 1. The number of amides is 1. The Morgan fingerprint density at radius 3 is 2.59 bits per heavy atom. The lowest BCUT2D eigenvalue weighted by Gasteiger charge is -2.26. The second kappa shape index (κ2) is 11.9. The Balaban J connectivity index is 0. The average molecular weight is 421 g/mol. The SMILES string of the molecule is CCCc1cnc(C2Cc3ccccc3N2C(=O)C(N)CC)[nH]1.Cl.Cl.O.O. The number of rotatable bonds is 5. The van der Waals surface area contributed by atoms with Gasteiger partial charge in [0.05, 0.1) is 12.1 Å². The van der Waals surface area contributed by atoms with Crippen molar-refractivity contribution in [3.05, 3.63) is 47.5 Å². The van der Waals surface area contributed by atoms with Gasteiger partial charge in [-0.05, 0) is 24.5 Å². The average Bonchev–Trinajstić information content (AvgIpc) is 3.17. The Morgan fingerprint density at radius 1 is 1.30 bits per heavy atom. The maximum absolute atomic E-state index is 12.8. The van der Waals surface area contributed by atoms with E-state index < -0.39 is 6.04 Å². The minimum absolute atomic E-state index is 0. The third kappa shape index (κ3) is 5.43. The zero-order chi connectivity index (χ0) is 16.4. The molecule has 0 bridgehead atoms. The van der Waals surface area contributed by atoms with Crippen molar-refractivity contribution in [1.82, 2.24) is 9.97 Å². The molecule has 7 nitrogen and oxygen atoms in total. The highest BCUT2D eigenvalue weighted by molar-refractivity contribution is 5.99. The summed E-state index contributed by atoms with van der Waals surface area (Å²) in [7, 11) is 0. The third-order valence-corrected chi connectivity index (χ3v) is 4.45. The van der Waals surface area contributed by atoms with E-state index in [4.69, 9.17) is 5.73 Å². The van der Waals surface area contributed by atoms with Crippen LogP contribution in [0.1, 0.15) is 49.8 Å². The summed E-state index contributed by atoms with van der Waals surface area (Å²) in [6.45, 7) is 4.08. The molecule has 7 N–H and O–H groups in total. The Labute approximate surface area is 172 Å². The number of nitrogens with one attached hydrogen (secondary N) is 1. The van der Waals surface area contributed by atoms with Crippen LogP contribution < -0.4 is 10.6 Å². The van der Waals surface area contributed by atoms with E-state index in [-0.39, 0.29) is 47.7 Å². The Morgan fingerprint density at radius 2 is 1.96 bits per heavy atom. The smallest absolute Gasteiger partial charge is 0.244 e. The predicted octanol–water partition coefficient (Wildman–Crippen LogP) is 1.92. The number of halogens is 2. The van der Waals surface area contributed by atoms with Crippen molar-refractivity contribution in [3.8, 4) is 0 Å². The molecule has 1 aromatic carbocycles. The van der Waals surface area contributed by atoms with E-state index in [0.717, 1.165) is 36.5 Å². The summed E-state index contributed by atoms with van der Waals surface area (Å²) in [5, 5.41) is 0. The van der Waals surface area contributed by atoms with Gasteiger partial charge in [0.25, 0.3) is 0 Å². The van der Waals surface area contributed by atoms with Gasteiger partial charge in [0, 0.05) is 24.0 Å². The Hall–Kier alpha value is -1.64. The van der Waals surface area contributed by atoms with Crippen LogP contribution in [0.15, 0.2) is 30.5 Å². The molecule has 9 heteroatoms. The summed E-state index contributed by atoms with van der Waals surface area (Å²) < 4.78 is 0. The molecule has 2 aromatic rings. The first-order valence-corrected chi connectivity index (χ1v) is 8.36. The first-order valence-electron chi connectivity index (χ1n) is 8.36. The number of fused-ring (bicyclic) bond motifs is 1. The topological polar surface area (TPSA) is 138 Å². The molecule has 1 aliphatic rings. The zero-order valence-electron chi connectivity index (χ0n) is 15.6. The van der Waals surface area contributed by atoms with Crippen molar-refractivity contribution >= 4 is 36.4 Å². The minimum atomic E-state index is -0.478. The van der Waals surface area contributed by atoms with Crippen LogP contribution in [0.2, 0.25) is 0 Å². The van der Waals surface area contributed by atoms with Crippen LogP contribution in [0.4, 0.5) is 5.69 Å². The standard InChI is InChI=1S/C18H24N4O.2ClH.2H2O/c1-3-7-13-11-20-17(21-13)16-10-12-8-5-6-9-15(12)22(16)18(23)14(19)4-2;;;;/h5-6,8-9,11,14,16H,3-4,7,10,19H2,1-2H3,(H,20,21);2*1H;2*1H2. The maximum Gasteiger partial charge on any atom is 0.244 e. The maximum atomic E-state index is 12.8. The summed E-state index contributed by atoms with van der Waals surface area (Å²) in [6, 6.07) is 7.46. The van der Waals surface area contributed by atoms with E-state index >= 15 is 0 Å². The number of carbonyl (C=O) groups excluding carboxylic acids is 1. The normalized spacial score (nSPS) is 15.4. The van der Waals surface area contributed by atoms with Crippen molar-refractivity contribution < 1.29 is 15.7 Å². The van der Waals surface area contributed by atoms with Crippen LogP contribution in [0, 0.1) is 0 Å². The molecule has 0 radical (unpaired) electrons. The van der Waals surface area contributed by atoms with Crippen molar-refractivity contribution in [1.29, 1.82) is 0 Å². The number of nitrogens with zero attached hydrogens (tertiary/aromatic N) is 2. The quantitative estimate of drug-likeness (QED) is 0.763. The summed E-state index contributed by atoms with van der Waals surface area (Å²) in [4.78, 5) is 22.6. The van der Waals surface area contributed by atoms with Crippen LogP contribution in [0.25, 0.3) is 0 Å². The second-order valence-electron chi connectivity index (χ2n) is 6.12. The minimum Gasteiger partial charge on any atom is -0.412 e. The van der Waals surface area contributed by atoms with Gasteiger partial charge in [-0.1, -0.05) is 38.5 Å². The Bertz CT molecular complexity index is 711. The van der Waals surface area contributed by atoms with E-state index in [9.17, 15) is 4.79 Å². The van der Waals surface area contributed by atoms with Gasteiger partial charge in [-0.3, -0.25) is 9.69 Å². The highest BCUT2D eigenvalue weighted by Crippen LogP contribution is 2.39. The Kier molecular flexibility index (Phi) is 12.2. The number of imidazole rings is 1. The second-order valence-corrected chi connectivity index (χ2v) is 6.12. The van der Waals surface area contributed by atoms with E-state index in [0.29, 0.717) is 6.42 Å². The molecule has 2 atom stereocenters. The molecule has 3 rings (SSSR count). The van der Waals surface area contributed by atoms with Crippen molar-refractivity contribution in [2.75, 3.05) is 4.90 Å². The molecule has 0 aliphatic carbocycles. The molecule has 0 saturated heterocycles. The molecule has 154 valence electrons. The van der Waals surface area contributed by atoms with Crippen molar-refractivity contribution in [3.63, 3.8) is 0 Å². The lowest BCUT2D eigenvalue weighted by molar-refractivity contribution is -0.120. The summed E-state index contributed by atoms with van der Waals surface area (Å²) in [5.41, 5.74) is 9.27. The number of benzene rings is 1. The highest BCUT2D eigenvalue weighted by Gasteiger charge is 2.37. The molecule has 1 aromatic heterocycles. The van der Waals surface area contributed by atoms with Gasteiger partial charge >= 0.3 is 0 Å². The lowest BCUT2D eigenvalue weighted by atomic mass is 10.1. The molecular weight excluding hydrogens is 391 g/mol. The van der Waals surface area contributed by atoms with E-state index in [1.165, 1.54) is 5.56 Å².